The van der Waals surface area contributed by atoms with Crippen molar-refractivity contribution in [1.82, 2.24) is 19.2 Å². The molecule has 6 heteroatoms. The van der Waals surface area contributed by atoms with E-state index >= 15 is 0 Å². The zero-order valence-electron chi connectivity index (χ0n) is 19.8. The Morgan fingerprint density at radius 2 is 1.71 bits per heavy atom. The SMILES string of the molecule is CC(C)Sc1nnc2n(Cc3ccccc3)c(=O)c3c(n12)-c1ccccc1CC31CCCCC1. The second-order valence-electron chi connectivity index (χ2n) is 10.1. The third-order valence-corrected chi connectivity index (χ3v) is 8.39. The summed E-state index contributed by atoms with van der Waals surface area (Å²) in [4.78, 5) is 14.4. The van der Waals surface area contributed by atoms with E-state index in [9.17, 15) is 4.79 Å². The van der Waals surface area contributed by atoms with Crippen LogP contribution in [0.2, 0.25) is 0 Å². The maximum atomic E-state index is 14.4. The Bertz CT molecular complexity index is 1410. The van der Waals surface area contributed by atoms with E-state index in [1.807, 2.05) is 22.8 Å². The predicted molar refractivity (Wildman–Crippen MR) is 138 cm³/mol. The van der Waals surface area contributed by atoms with Crippen molar-refractivity contribution < 1.29 is 0 Å². The first-order valence-corrected chi connectivity index (χ1v) is 13.3. The van der Waals surface area contributed by atoms with Crippen LogP contribution in [0, 0.1) is 0 Å². The normalized spacial score (nSPS) is 16.7. The van der Waals surface area contributed by atoms with Crippen molar-refractivity contribution in [2.45, 2.75) is 74.7 Å². The molecule has 2 heterocycles. The average Bonchev–Trinajstić information content (AvgIpc) is 3.25. The van der Waals surface area contributed by atoms with Gasteiger partial charge in [-0.25, -0.2) is 0 Å². The van der Waals surface area contributed by atoms with Gasteiger partial charge in [0.15, 0.2) is 5.16 Å². The molecule has 2 aliphatic carbocycles. The summed E-state index contributed by atoms with van der Waals surface area (Å²) in [5.74, 6) is 0.637. The fourth-order valence-corrected chi connectivity index (χ4v) is 6.80. The molecule has 0 amide bonds. The van der Waals surface area contributed by atoms with Crippen LogP contribution in [0.1, 0.15) is 62.6 Å². The molecule has 1 spiro atoms. The topological polar surface area (TPSA) is 52.2 Å². The van der Waals surface area contributed by atoms with E-state index in [0.29, 0.717) is 17.6 Å². The van der Waals surface area contributed by atoms with Gasteiger partial charge in [0, 0.05) is 21.8 Å². The van der Waals surface area contributed by atoms with Crippen molar-refractivity contribution in [2.24, 2.45) is 0 Å². The highest BCUT2D eigenvalue weighted by Crippen LogP contribution is 2.49. The molecule has 0 bridgehead atoms. The Morgan fingerprint density at radius 3 is 2.47 bits per heavy atom. The van der Waals surface area contributed by atoms with E-state index in [1.54, 1.807) is 11.8 Å². The highest BCUT2D eigenvalue weighted by Gasteiger charge is 2.44. The third kappa shape index (κ3) is 3.42. The summed E-state index contributed by atoms with van der Waals surface area (Å²) >= 11 is 1.71. The lowest BCUT2D eigenvalue weighted by Gasteiger charge is -2.42. The predicted octanol–water partition coefficient (Wildman–Crippen LogP) is 5.86. The molecule has 5 nitrogen and oxygen atoms in total. The minimum Gasteiger partial charge on any atom is -0.272 e. The minimum absolute atomic E-state index is 0.108. The summed E-state index contributed by atoms with van der Waals surface area (Å²) < 4.78 is 4.06. The molecular weight excluding hydrogens is 440 g/mol. The number of benzene rings is 2. The Balaban J connectivity index is 1.72. The van der Waals surface area contributed by atoms with Crippen LogP contribution in [-0.4, -0.2) is 24.4 Å². The number of thioether (sulfide) groups is 1. The summed E-state index contributed by atoms with van der Waals surface area (Å²) in [5, 5.41) is 10.4. The van der Waals surface area contributed by atoms with Crippen molar-refractivity contribution in [3.8, 4) is 11.3 Å². The molecule has 34 heavy (non-hydrogen) atoms. The maximum absolute atomic E-state index is 14.4. The van der Waals surface area contributed by atoms with Crippen LogP contribution in [-0.2, 0) is 18.4 Å². The molecule has 0 aliphatic heterocycles. The number of hydrogen-bond acceptors (Lipinski definition) is 4. The van der Waals surface area contributed by atoms with Gasteiger partial charge in [0.05, 0.1) is 12.2 Å². The summed E-state index contributed by atoms with van der Waals surface area (Å²) in [6, 6.07) is 18.9. The Labute approximate surface area is 204 Å². The first-order chi connectivity index (χ1) is 16.6. The molecule has 4 aromatic rings. The molecule has 1 saturated carbocycles. The highest BCUT2D eigenvalue weighted by molar-refractivity contribution is 7.99. The van der Waals surface area contributed by atoms with E-state index in [4.69, 9.17) is 0 Å². The minimum atomic E-state index is -0.115. The lowest BCUT2D eigenvalue weighted by molar-refractivity contribution is 0.283. The summed E-state index contributed by atoms with van der Waals surface area (Å²) in [6.45, 7) is 4.85. The first kappa shape index (κ1) is 21.7. The molecule has 2 aromatic heterocycles. The maximum Gasteiger partial charge on any atom is 0.259 e. The van der Waals surface area contributed by atoms with Crippen molar-refractivity contribution >= 4 is 17.5 Å². The van der Waals surface area contributed by atoms with Gasteiger partial charge < -0.3 is 0 Å². The van der Waals surface area contributed by atoms with E-state index in [1.165, 1.54) is 24.8 Å². The zero-order chi connectivity index (χ0) is 23.3. The van der Waals surface area contributed by atoms with Gasteiger partial charge in [-0.05, 0) is 30.4 Å². The Kier molecular flexibility index (Phi) is 5.36. The molecule has 0 saturated heterocycles. The molecule has 6 rings (SSSR count). The fourth-order valence-electron chi connectivity index (χ4n) is 6.01. The van der Waals surface area contributed by atoms with Crippen LogP contribution < -0.4 is 5.56 Å². The second kappa shape index (κ2) is 8.42. The lowest BCUT2D eigenvalue weighted by atomic mass is 9.62. The van der Waals surface area contributed by atoms with Crippen LogP contribution in [0.5, 0.6) is 0 Å². The van der Waals surface area contributed by atoms with Crippen LogP contribution >= 0.6 is 11.8 Å². The van der Waals surface area contributed by atoms with Gasteiger partial charge in [-0.1, -0.05) is 99.5 Å². The van der Waals surface area contributed by atoms with Gasteiger partial charge in [-0.15, -0.1) is 10.2 Å². The quantitative estimate of drug-likeness (QED) is 0.350. The van der Waals surface area contributed by atoms with E-state index in [2.05, 4.69) is 64.8 Å². The van der Waals surface area contributed by atoms with Crippen molar-refractivity contribution in [2.75, 3.05) is 0 Å². The number of hydrogen-bond donors (Lipinski definition) is 0. The molecule has 174 valence electrons. The van der Waals surface area contributed by atoms with Gasteiger partial charge in [0.1, 0.15) is 0 Å². The van der Waals surface area contributed by atoms with Gasteiger partial charge >= 0.3 is 0 Å². The monoisotopic (exact) mass is 470 g/mol. The van der Waals surface area contributed by atoms with Crippen LogP contribution in [0.25, 0.3) is 17.0 Å². The molecule has 0 unspecified atom stereocenters. The summed E-state index contributed by atoms with van der Waals surface area (Å²) in [5.41, 5.74) is 5.61. The molecular formula is C28H30N4OS. The molecule has 2 aliphatic rings. The van der Waals surface area contributed by atoms with Crippen molar-refractivity contribution in [3.05, 3.63) is 81.6 Å². The van der Waals surface area contributed by atoms with Crippen LogP contribution in [0.3, 0.4) is 0 Å². The Hall–Kier alpha value is -2.86. The Morgan fingerprint density at radius 1 is 0.971 bits per heavy atom. The van der Waals surface area contributed by atoms with E-state index in [0.717, 1.165) is 46.8 Å². The number of nitrogens with zero attached hydrogens (tertiary/aromatic N) is 4. The van der Waals surface area contributed by atoms with Crippen LogP contribution in [0.4, 0.5) is 0 Å². The number of aromatic nitrogens is 4. The number of rotatable bonds is 4. The molecule has 1 fully saturated rings. The molecule has 2 aromatic carbocycles. The largest absolute Gasteiger partial charge is 0.272 e. The van der Waals surface area contributed by atoms with Gasteiger partial charge in [-0.2, -0.15) is 0 Å². The van der Waals surface area contributed by atoms with Crippen molar-refractivity contribution in [3.63, 3.8) is 0 Å². The first-order valence-electron chi connectivity index (χ1n) is 12.4. The summed E-state index contributed by atoms with van der Waals surface area (Å²) in [6.07, 6.45) is 6.67. The lowest BCUT2D eigenvalue weighted by Crippen LogP contribution is -2.43. The van der Waals surface area contributed by atoms with E-state index in [-0.39, 0.29) is 11.0 Å². The van der Waals surface area contributed by atoms with Gasteiger partial charge in [0.25, 0.3) is 5.56 Å². The molecule has 0 N–H and O–H groups in total. The van der Waals surface area contributed by atoms with Crippen LogP contribution in [0.15, 0.2) is 64.5 Å². The number of fused-ring (bicyclic) bond motifs is 6. The smallest absolute Gasteiger partial charge is 0.259 e. The summed E-state index contributed by atoms with van der Waals surface area (Å²) in [7, 11) is 0. The molecule has 0 radical (unpaired) electrons. The molecule has 0 atom stereocenters. The second-order valence-corrected chi connectivity index (χ2v) is 11.6. The fraction of sp³-hybridized carbons (Fsp3) is 0.393. The average molecular weight is 471 g/mol. The van der Waals surface area contributed by atoms with Crippen molar-refractivity contribution in [1.29, 1.82) is 0 Å². The zero-order valence-corrected chi connectivity index (χ0v) is 20.6. The van der Waals surface area contributed by atoms with Gasteiger partial charge in [0.2, 0.25) is 5.78 Å². The van der Waals surface area contributed by atoms with Gasteiger partial charge in [-0.3, -0.25) is 13.8 Å². The standard InChI is InChI=1S/C28H30N4OS/c1-19(2)34-27-30-29-26-31(18-20-11-5-3-6-12-20)25(33)23-24(32(26)27)22-14-8-7-13-21(22)17-28(23)15-9-4-10-16-28/h3,5-8,11-14,19H,4,9-10,15-18H2,1-2H3. The highest BCUT2D eigenvalue weighted by atomic mass is 32.2. The third-order valence-electron chi connectivity index (χ3n) is 7.44. The van der Waals surface area contributed by atoms with E-state index < -0.39 is 0 Å².